The van der Waals surface area contributed by atoms with Gasteiger partial charge in [-0.3, -0.25) is 9.59 Å². The highest BCUT2D eigenvalue weighted by atomic mass is 19.1. The Morgan fingerprint density at radius 2 is 1.73 bits per heavy atom. The number of hydrogen-bond acceptors (Lipinski definition) is 3. The summed E-state index contributed by atoms with van der Waals surface area (Å²) < 4.78 is 14.3. The second kappa shape index (κ2) is 8.20. The Kier molecular flexibility index (Phi) is 5.53. The topological polar surface area (TPSA) is 64.0 Å². The first-order chi connectivity index (χ1) is 12.6. The van der Waals surface area contributed by atoms with Gasteiger partial charge >= 0.3 is 0 Å². The molecule has 3 aromatic rings. The predicted molar refractivity (Wildman–Crippen MR) is 97.3 cm³/mol. The number of nitrogens with one attached hydrogen (secondary N) is 1. The minimum absolute atomic E-state index is 0.186. The van der Waals surface area contributed by atoms with Gasteiger partial charge in [0, 0.05) is 30.3 Å². The molecule has 6 heteroatoms. The van der Waals surface area contributed by atoms with E-state index in [9.17, 15) is 14.0 Å². The van der Waals surface area contributed by atoms with Crippen LogP contribution in [0.15, 0.2) is 71.5 Å². The summed E-state index contributed by atoms with van der Waals surface area (Å²) in [6.07, 6.45) is 0.554. The Balaban J connectivity index is 1.57. The Bertz CT molecular complexity index is 937. The van der Waals surface area contributed by atoms with Crippen molar-refractivity contribution in [3.8, 4) is 11.3 Å². The molecule has 0 saturated carbocycles. The molecule has 0 saturated heterocycles. The quantitative estimate of drug-likeness (QED) is 0.695. The number of carbonyl (C=O) groups is 1. The van der Waals surface area contributed by atoms with Gasteiger partial charge in [0.2, 0.25) is 0 Å². The zero-order valence-corrected chi connectivity index (χ0v) is 14.1. The van der Waals surface area contributed by atoms with E-state index in [0.717, 1.165) is 11.3 Å². The molecule has 132 valence electrons. The first-order valence-electron chi connectivity index (χ1n) is 8.31. The van der Waals surface area contributed by atoms with Crippen LogP contribution in [0, 0.1) is 5.82 Å². The molecule has 0 aliphatic heterocycles. The average Bonchev–Trinajstić information content (AvgIpc) is 2.67. The summed E-state index contributed by atoms with van der Waals surface area (Å²) in [6.45, 7) is 0.781. The molecule has 0 unspecified atom stereocenters. The number of amides is 1. The average molecular weight is 351 g/mol. The van der Waals surface area contributed by atoms with E-state index < -0.39 is 0 Å². The predicted octanol–water partition coefficient (Wildman–Crippen LogP) is 2.87. The van der Waals surface area contributed by atoms with E-state index in [1.807, 2.05) is 30.3 Å². The van der Waals surface area contributed by atoms with Gasteiger partial charge in [-0.2, -0.15) is 5.10 Å². The van der Waals surface area contributed by atoms with E-state index >= 15 is 0 Å². The maximum absolute atomic E-state index is 12.9. The first-order valence-corrected chi connectivity index (χ1v) is 8.31. The molecule has 0 aliphatic rings. The summed E-state index contributed by atoms with van der Waals surface area (Å²) in [6, 6.07) is 18.1. The van der Waals surface area contributed by atoms with Gasteiger partial charge in [-0.15, -0.1) is 0 Å². The van der Waals surface area contributed by atoms with Crippen LogP contribution < -0.4 is 10.9 Å². The van der Waals surface area contributed by atoms with Crippen LogP contribution in [0.25, 0.3) is 11.3 Å². The number of halogens is 1. The fraction of sp³-hybridized carbons (Fsp3) is 0.150. The van der Waals surface area contributed by atoms with Gasteiger partial charge < -0.3 is 5.32 Å². The third-order valence-corrected chi connectivity index (χ3v) is 3.87. The smallest absolute Gasteiger partial charge is 0.266 e. The van der Waals surface area contributed by atoms with Crippen LogP contribution in [-0.4, -0.2) is 22.2 Å². The molecule has 26 heavy (non-hydrogen) atoms. The van der Waals surface area contributed by atoms with Gasteiger partial charge in [-0.1, -0.05) is 30.3 Å². The molecule has 2 aromatic carbocycles. The summed E-state index contributed by atoms with van der Waals surface area (Å²) in [5, 5.41) is 7.13. The first kappa shape index (κ1) is 17.5. The highest BCUT2D eigenvalue weighted by Gasteiger charge is 2.06. The summed E-state index contributed by atoms with van der Waals surface area (Å²) in [5.41, 5.74) is 1.87. The monoisotopic (exact) mass is 351 g/mol. The molecular weight excluding hydrogens is 333 g/mol. The Hall–Kier alpha value is -3.28. The molecule has 1 amide bonds. The SMILES string of the molecule is O=C(NCCCn1nc(-c2ccccc2)ccc1=O)c1ccc(F)cc1. The number of rotatable bonds is 6. The molecule has 1 heterocycles. The van der Waals surface area contributed by atoms with Crippen LogP contribution in [0.3, 0.4) is 0 Å². The lowest BCUT2D eigenvalue weighted by molar-refractivity contribution is 0.0952. The number of aromatic nitrogens is 2. The van der Waals surface area contributed by atoms with E-state index in [4.69, 9.17) is 0 Å². The van der Waals surface area contributed by atoms with Crippen molar-refractivity contribution in [3.63, 3.8) is 0 Å². The molecule has 0 atom stereocenters. The second-order valence-corrected chi connectivity index (χ2v) is 5.76. The maximum atomic E-state index is 12.9. The second-order valence-electron chi connectivity index (χ2n) is 5.76. The minimum atomic E-state index is -0.384. The van der Waals surface area contributed by atoms with E-state index in [1.54, 1.807) is 6.07 Å². The van der Waals surface area contributed by atoms with Crippen LogP contribution in [0.5, 0.6) is 0 Å². The lowest BCUT2D eigenvalue weighted by Gasteiger charge is -2.08. The van der Waals surface area contributed by atoms with Crippen LogP contribution in [0.1, 0.15) is 16.8 Å². The van der Waals surface area contributed by atoms with Crippen molar-refractivity contribution in [2.45, 2.75) is 13.0 Å². The molecule has 0 aliphatic carbocycles. The number of benzene rings is 2. The highest BCUT2D eigenvalue weighted by molar-refractivity contribution is 5.94. The molecule has 0 fully saturated rings. The standard InChI is InChI=1S/C20H18FN3O2/c21-17-9-7-16(8-10-17)20(26)22-13-4-14-24-19(25)12-11-18(23-24)15-5-2-1-3-6-15/h1-3,5-12H,4,13-14H2,(H,22,26). The Morgan fingerprint density at radius 1 is 1.00 bits per heavy atom. The van der Waals surface area contributed by atoms with Gasteiger partial charge in [-0.05, 0) is 36.8 Å². The summed E-state index contributed by atoms with van der Waals surface area (Å²) in [7, 11) is 0. The van der Waals surface area contributed by atoms with Crippen LogP contribution >= 0.6 is 0 Å². The molecule has 3 rings (SSSR count). The largest absolute Gasteiger partial charge is 0.352 e. The van der Waals surface area contributed by atoms with Gasteiger partial charge in [0.1, 0.15) is 5.82 Å². The number of nitrogens with zero attached hydrogens (tertiary/aromatic N) is 2. The van der Waals surface area contributed by atoms with Gasteiger partial charge in [0.05, 0.1) is 5.69 Å². The van der Waals surface area contributed by atoms with Crippen molar-refractivity contribution < 1.29 is 9.18 Å². The van der Waals surface area contributed by atoms with Gasteiger partial charge in [0.25, 0.3) is 11.5 Å². The highest BCUT2D eigenvalue weighted by Crippen LogP contribution is 2.13. The molecule has 5 nitrogen and oxygen atoms in total. The van der Waals surface area contributed by atoms with Crippen molar-refractivity contribution in [2.75, 3.05) is 6.54 Å². The van der Waals surface area contributed by atoms with Crippen molar-refractivity contribution in [3.05, 3.63) is 88.5 Å². The van der Waals surface area contributed by atoms with E-state index in [2.05, 4.69) is 10.4 Å². The summed E-state index contributed by atoms with van der Waals surface area (Å²) >= 11 is 0. The molecule has 0 radical (unpaired) electrons. The summed E-state index contributed by atoms with van der Waals surface area (Å²) in [4.78, 5) is 23.9. The van der Waals surface area contributed by atoms with E-state index in [1.165, 1.54) is 35.0 Å². The molecular formula is C20H18FN3O2. The third-order valence-electron chi connectivity index (χ3n) is 3.87. The molecule has 0 bridgehead atoms. The van der Waals surface area contributed by atoms with Crippen LogP contribution in [0.4, 0.5) is 4.39 Å². The van der Waals surface area contributed by atoms with E-state index in [-0.39, 0.29) is 17.3 Å². The van der Waals surface area contributed by atoms with Gasteiger partial charge in [0.15, 0.2) is 0 Å². The Morgan fingerprint density at radius 3 is 2.46 bits per heavy atom. The van der Waals surface area contributed by atoms with Crippen molar-refractivity contribution >= 4 is 5.91 Å². The normalized spacial score (nSPS) is 10.5. The molecule has 0 spiro atoms. The fourth-order valence-electron chi connectivity index (χ4n) is 2.51. The number of aryl methyl sites for hydroxylation is 1. The molecule has 1 aromatic heterocycles. The number of carbonyl (C=O) groups excluding carboxylic acids is 1. The fourth-order valence-corrected chi connectivity index (χ4v) is 2.51. The third kappa shape index (κ3) is 4.42. The zero-order chi connectivity index (χ0) is 18.4. The zero-order valence-electron chi connectivity index (χ0n) is 14.1. The van der Waals surface area contributed by atoms with Crippen molar-refractivity contribution in [2.24, 2.45) is 0 Å². The maximum Gasteiger partial charge on any atom is 0.266 e. The van der Waals surface area contributed by atoms with Crippen molar-refractivity contribution in [1.82, 2.24) is 15.1 Å². The minimum Gasteiger partial charge on any atom is -0.352 e. The van der Waals surface area contributed by atoms with Crippen LogP contribution in [0.2, 0.25) is 0 Å². The van der Waals surface area contributed by atoms with Gasteiger partial charge in [-0.25, -0.2) is 9.07 Å². The lowest BCUT2D eigenvalue weighted by atomic mass is 10.1. The number of hydrogen-bond donors (Lipinski definition) is 1. The van der Waals surface area contributed by atoms with Crippen LogP contribution in [-0.2, 0) is 6.54 Å². The molecule has 1 N–H and O–H groups in total. The Labute approximate surface area is 150 Å². The lowest BCUT2D eigenvalue weighted by Crippen LogP contribution is -2.28. The van der Waals surface area contributed by atoms with E-state index in [0.29, 0.717) is 25.1 Å². The summed E-state index contributed by atoms with van der Waals surface area (Å²) in [5.74, 6) is -0.659. The van der Waals surface area contributed by atoms with Crippen molar-refractivity contribution in [1.29, 1.82) is 0 Å².